The van der Waals surface area contributed by atoms with Crippen molar-refractivity contribution in [1.82, 2.24) is 59.8 Å². The largest absolute Gasteiger partial charge is 0.493 e. The molecular weight excluding hydrogens is 1370 g/mol. The van der Waals surface area contributed by atoms with Crippen molar-refractivity contribution in [2.75, 3.05) is 16.4 Å². The van der Waals surface area contributed by atoms with Crippen LogP contribution in [0.25, 0.3) is 5.82 Å². The predicted octanol–water partition coefficient (Wildman–Crippen LogP) is 18.8. The number of nitrogens with two attached hydrogens (primary N) is 1. The fourth-order valence-corrected chi connectivity index (χ4v) is 8.76. The van der Waals surface area contributed by atoms with Crippen molar-refractivity contribution in [3.05, 3.63) is 191 Å². The monoisotopic (exact) mass is 1400 g/mol. The lowest BCUT2D eigenvalue weighted by Gasteiger charge is -2.12. The highest BCUT2D eigenvalue weighted by molar-refractivity contribution is 8.24. The minimum atomic E-state index is -3.22. The van der Waals surface area contributed by atoms with Crippen molar-refractivity contribution >= 4 is 207 Å². The lowest BCUT2D eigenvalue weighted by Crippen LogP contribution is -2.06. The summed E-state index contributed by atoms with van der Waals surface area (Å²) in [6, 6.07) is 19.2. The van der Waals surface area contributed by atoms with E-state index in [0.29, 0.717) is 118 Å². The van der Waals surface area contributed by atoms with E-state index in [-0.39, 0.29) is 11.4 Å². The van der Waals surface area contributed by atoms with Gasteiger partial charge >= 0.3 is 5.20 Å². The van der Waals surface area contributed by atoms with Gasteiger partial charge in [-0.25, -0.2) is 39.6 Å². The number of rotatable bonds is 5. The van der Waals surface area contributed by atoms with E-state index >= 15 is 0 Å². The summed E-state index contributed by atoms with van der Waals surface area (Å²) in [5.74, 6) is 3.63. The average molecular weight is 1410 g/mol. The third-order valence-corrected chi connectivity index (χ3v) is 11.5. The molecule has 0 saturated carbocycles. The van der Waals surface area contributed by atoms with Crippen molar-refractivity contribution in [2.45, 2.75) is 41.5 Å². The van der Waals surface area contributed by atoms with Crippen LogP contribution in [0.15, 0.2) is 90.0 Å². The molecule has 0 saturated heterocycles. The van der Waals surface area contributed by atoms with Crippen LogP contribution in [0.2, 0.25) is 60.7 Å². The molecule has 3 aromatic carbocycles. The minimum absolute atomic E-state index is 0.240. The topological polar surface area (TPSA) is 257 Å². The average Bonchev–Trinajstić information content (AvgIpc) is 3.98. The number of aromatic nitrogens is 12. The first-order chi connectivity index (χ1) is 37.2. The Kier molecular flexibility index (Phi) is 29.8. The Bertz CT molecular complexity index is 3440. The van der Waals surface area contributed by atoms with Gasteiger partial charge in [0, 0.05) is 51.4 Å². The van der Waals surface area contributed by atoms with E-state index < -0.39 is 5.20 Å². The molecule has 0 fully saturated rings. The Morgan fingerprint density at radius 2 is 0.963 bits per heavy atom. The van der Waals surface area contributed by atoms with Crippen molar-refractivity contribution in [3.8, 4) is 11.7 Å². The molecule has 9 rings (SSSR count). The summed E-state index contributed by atoms with van der Waals surface area (Å²) in [5.41, 5.74) is 8.54. The highest BCUT2D eigenvalue weighted by Gasteiger charge is 2.13. The number of hydrogen-bond donors (Lipinski definition) is 6. The van der Waals surface area contributed by atoms with Crippen LogP contribution in [0.3, 0.4) is 0 Å². The molecule has 0 bridgehead atoms. The number of aromatic amines is 2. The van der Waals surface area contributed by atoms with Gasteiger partial charge in [0.15, 0.2) is 5.82 Å². The summed E-state index contributed by atoms with van der Waals surface area (Å²) in [6.45, 7) is 10.8. The lowest BCUT2D eigenvalue weighted by molar-refractivity contribution is 0.449. The molecule has 426 valence electrons. The summed E-state index contributed by atoms with van der Waals surface area (Å²) in [7, 11) is 0. The van der Waals surface area contributed by atoms with Gasteiger partial charge in [0.2, 0.25) is 5.88 Å². The van der Waals surface area contributed by atoms with Gasteiger partial charge in [-0.3, -0.25) is 14.5 Å². The van der Waals surface area contributed by atoms with Gasteiger partial charge in [0.1, 0.15) is 50.4 Å². The number of aromatic hydroxyl groups is 1. The number of anilines is 5. The Morgan fingerprint density at radius 3 is 1.31 bits per heavy atom. The molecule has 0 spiro atoms. The van der Waals surface area contributed by atoms with Gasteiger partial charge in [0.25, 0.3) is 5.56 Å². The number of aryl methyl sites for hydroxylation is 6. The Labute approximate surface area is 531 Å². The van der Waals surface area contributed by atoms with Crippen molar-refractivity contribution in [1.29, 1.82) is 0 Å². The van der Waals surface area contributed by atoms with Crippen LogP contribution in [-0.2, 0) is 4.57 Å². The standard InChI is InChI=1S/C15H12Cl3N5.C11H7Cl4N3.C6H4Cl3N.C5H4Cl2N2.C5H6N2O2.C4H6N2.Cl3OP/c1-8-3-4-23(22-8)14-7-13(19-9(2)20-14)21-15-11(17)5-10(16)6-12(15)18;1-5-16-9(15)4-10(17-5)18-11-7(13)2-6(12)3-8(11)14;7-3-1-4(8)6(10)5(9)2-3;1-3-8-4(6)2-5(7)9-3;1-3-6-4(8)2-5(9)7-3;1-4-2-3-5-6-4;1-5(2,3)4/h3-7H,1-2H3,(H,19,20,21);2-4H,1H3,(H,16,17,18);1-2H,10H2;2H,1H3;2H,1H3,(H2,6,7,8,9);2-3H,1H3,(H,5,6);. The molecule has 0 aliphatic heterocycles. The number of nitrogens with zero attached hydrogens (tertiary/aromatic N) is 10. The molecule has 34 heteroatoms. The van der Waals surface area contributed by atoms with E-state index in [0.717, 1.165) is 17.5 Å². The normalized spacial score (nSPS) is 10.3. The molecule has 0 amide bonds. The maximum Gasteiger partial charge on any atom is 0.339 e. The summed E-state index contributed by atoms with van der Waals surface area (Å²) in [4.78, 5) is 40.9. The van der Waals surface area contributed by atoms with Crippen LogP contribution in [0.5, 0.6) is 5.88 Å². The number of benzene rings is 3. The molecule has 18 nitrogen and oxygen atoms in total. The Balaban J connectivity index is 0.000000262. The van der Waals surface area contributed by atoms with Crippen LogP contribution in [0.4, 0.5) is 28.7 Å². The van der Waals surface area contributed by atoms with Gasteiger partial charge in [0.05, 0.1) is 59.0 Å². The first kappa shape index (κ1) is 70.2. The molecule has 0 aliphatic rings. The quantitative estimate of drug-likeness (QED) is 0.0532. The third-order valence-electron chi connectivity index (χ3n) is 8.41. The number of halogens is 15. The number of hydrogen-bond acceptors (Lipinski definition) is 15. The number of nitrogen functional groups attached to an aromatic ring is 1. The van der Waals surface area contributed by atoms with Crippen LogP contribution >= 0.6 is 178 Å². The number of nitrogens with one attached hydrogen (secondary N) is 4. The van der Waals surface area contributed by atoms with Crippen LogP contribution in [-0.4, -0.2) is 65.0 Å². The first-order valence-electron chi connectivity index (χ1n) is 21.5. The van der Waals surface area contributed by atoms with Crippen molar-refractivity contribution < 1.29 is 9.67 Å². The van der Waals surface area contributed by atoms with E-state index in [1.54, 1.807) is 87.1 Å². The van der Waals surface area contributed by atoms with Crippen molar-refractivity contribution in [3.63, 3.8) is 0 Å². The molecular formula is C46H39Cl15N15O3P. The zero-order valence-corrected chi connectivity index (χ0v) is 53.7. The second kappa shape index (κ2) is 33.9. The fraction of sp³-hybridized carbons (Fsp3) is 0.130. The second-order valence-electron chi connectivity index (χ2n) is 15.1. The third kappa shape index (κ3) is 27.4. The molecule has 0 aliphatic carbocycles. The molecule has 6 heterocycles. The molecule has 7 N–H and O–H groups in total. The molecule has 0 atom stereocenters. The van der Waals surface area contributed by atoms with E-state index in [1.807, 2.05) is 32.2 Å². The first-order valence-corrected chi connectivity index (χ1v) is 30.4. The van der Waals surface area contributed by atoms with E-state index in [1.165, 1.54) is 6.07 Å². The maximum atomic E-state index is 10.5. The van der Waals surface area contributed by atoms with Gasteiger partial charge in [-0.1, -0.05) is 139 Å². The zero-order chi connectivity index (χ0) is 60.2. The molecule has 9 aromatic rings. The summed E-state index contributed by atoms with van der Waals surface area (Å²) in [6.07, 6.45) is 3.57. The second-order valence-corrected chi connectivity index (χ2v) is 26.6. The Hall–Kier alpha value is -4.02. The molecule has 0 unspecified atom stereocenters. The highest BCUT2D eigenvalue weighted by Crippen LogP contribution is 2.61. The zero-order valence-electron chi connectivity index (χ0n) is 41.5. The molecule has 80 heavy (non-hydrogen) atoms. The van der Waals surface area contributed by atoms with E-state index in [4.69, 9.17) is 150 Å². The van der Waals surface area contributed by atoms with Crippen molar-refractivity contribution in [2.24, 2.45) is 0 Å². The fourth-order valence-electron chi connectivity index (χ4n) is 5.39. The summed E-state index contributed by atoms with van der Waals surface area (Å²) < 4.78 is 11.2. The van der Waals surface area contributed by atoms with Gasteiger partial charge < -0.3 is 26.5 Å². The summed E-state index contributed by atoms with van der Waals surface area (Å²) in [5, 5.41) is 27.3. The smallest absolute Gasteiger partial charge is 0.339 e. The number of H-pyrrole nitrogens is 2. The van der Waals surface area contributed by atoms with E-state index in [2.05, 4.69) is 99.5 Å². The lowest BCUT2D eigenvalue weighted by atomic mass is 10.3. The van der Waals surface area contributed by atoms with E-state index in [9.17, 15) is 9.36 Å². The highest BCUT2D eigenvalue weighted by atomic mass is 36.0. The molecule has 6 aromatic heterocycles. The van der Waals surface area contributed by atoms with Gasteiger partial charge in [-0.2, -0.15) is 10.2 Å². The molecule has 0 radical (unpaired) electrons. The minimum Gasteiger partial charge on any atom is -0.493 e. The SMILES string of the molecule is Cc1ccn(-c2cc(Nc3c(Cl)cc(Cl)cc3Cl)nc(C)n2)n1.Cc1ccn[nH]1.Cc1nc(Cl)cc(Cl)n1.Cc1nc(Cl)cc(Nc2c(Cl)cc(Cl)cc2Cl)n1.Cc1nc(O)cc(=O)[nH]1.Nc1c(Cl)cc(Cl)cc1Cl.O=P(Cl)(Cl)Cl. The van der Waals surface area contributed by atoms with Gasteiger partial charge in [-0.15, -0.1) is 0 Å². The predicted molar refractivity (Wildman–Crippen MR) is 332 cm³/mol. The van der Waals surface area contributed by atoms with Crippen LogP contribution in [0, 0.1) is 41.5 Å². The maximum absolute atomic E-state index is 10.5. The van der Waals surface area contributed by atoms with Crippen LogP contribution < -0.4 is 21.9 Å². The van der Waals surface area contributed by atoms with Gasteiger partial charge in [-0.05, 0) is 124 Å². The van der Waals surface area contributed by atoms with Crippen LogP contribution in [0.1, 0.15) is 34.7 Å². The Morgan fingerprint density at radius 1 is 0.550 bits per heavy atom. The summed E-state index contributed by atoms with van der Waals surface area (Å²) >= 11 is 83.8.